The Bertz CT molecular complexity index is 3060. The number of phenols is 4. The van der Waals surface area contributed by atoms with Crippen LogP contribution < -0.4 is 14.5 Å². The molecular weight excluding hydrogens is 783 g/mol. The first-order valence-electron chi connectivity index (χ1n) is 21.0. The summed E-state index contributed by atoms with van der Waals surface area (Å²) in [5, 5.41) is 42.7. The molecule has 4 N–H and O–H groups in total. The minimum atomic E-state index is -0.675. The standard InChI is InChI=1S/C55H45N3O5/c1-35-12-10-11-31-63-52-30-28-42(33-45(35)52)57(39-13-4-3-5-14-39)40-24-26-41(27-25-40)58-48-18-9-7-16-44(48)46-32-38(23-29-49(46)58)36-19-21-37(22-20-36)43-15-6-8-17-47(43)56(2)53-50(59)34-51(60)54(61)55(53)62/h3-8,10-17,19-34,43,47,59-62H,1,9,18H2,2H3/b12-10-,31-11-. The largest absolute Gasteiger partial charge is 0.505 e. The van der Waals surface area contributed by atoms with Gasteiger partial charge in [0.05, 0.1) is 17.8 Å². The summed E-state index contributed by atoms with van der Waals surface area (Å²) in [7, 11) is 1.74. The molecule has 2 atom stereocenters. The van der Waals surface area contributed by atoms with Crippen molar-refractivity contribution >= 4 is 45.3 Å². The number of nitrogens with zero attached hydrogens (tertiary/aromatic N) is 3. The zero-order valence-corrected chi connectivity index (χ0v) is 34.6. The molecule has 1 aliphatic heterocycles. The molecule has 0 bridgehead atoms. The molecule has 2 unspecified atom stereocenters. The topological polar surface area (TPSA) is 102 Å². The molecule has 0 saturated carbocycles. The van der Waals surface area contributed by atoms with Gasteiger partial charge >= 0.3 is 0 Å². The lowest BCUT2D eigenvalue weighted by molar-refractivity contribution is 0.360. The number of hydrogen-bond acceptors (Lipinski definition) is 7. The average molecular weight is 828 g/mol. The van der Waals surface area contributed by atoms with Crippen LogP contribution >= 0.6 is 0 Å². The van der Waals surface area contributed by atoms with Gasteiger partial charge in [-0.3, -0.25) is 0 Å². The minimum Gasteiger partial charge on any atom is -0.505 e. The fourth-order valence-corrected chi connectivity index (χ4v) is 9.19. The second kappa shape index (κ2) is 16.1. The molecule has 8 heteroatoms. The van der Waals surface area contributed by atoms with Gasteiger partial charge in [-0.05, 0) is 108 Å². The summed E-state index contributed by atoms with van der Waals surface area (Å²) in [6.07, 6.45) is 21.9. The Morgan fingerprint density at radius 1 is 0.683 bits per heavy atom. The highest BCUT2D eigenvalue weighted by atomic mass is 16.5. The molecule has 6 aromatic carbocycles. The molecule has 310 valence electrons. The van der Waals surface area contributed by atoms with Crippen LogP contribution in [-0.2, 0) is 6.42 Å². The first kappa shape index (κ1) is 39.1. The zero-order valence-electron chi connectivity index (χ0n) is 34.6. The number of likely N-dealkylation sites (N-methyl/N-ethyl adjacent to an activating group) is 1. The van der Waals surface area contributed by atoms with Crippen molar-refractivity contribution < 1.29 is 25.2 Å². The lowest BCUT2D eigenvalue weighted by Gasteiger charge is -2.35. The van der Waals surface area contributed by atoms with E-state index >= 15 is 0 Å². The molecule has 2 heterocycles. The van der Waals surface area contributed by atoms with Crippen molar-refractivity contribution in [2.75, 3.05) is 16.8 Å². The lowest BCUT2D eigenvalue weighted by atomic mass is 9.86. The van der Waals surface area contributed by atoms with Crippen molar-refractivity contribution in [3.05, 3.63) is 205 Å². The van der Waals surface area contributed by atoms with Gasteiger partial charge in [0.2, 0.25) is 5.75 Å². The third-order valence-corrected chi connectivity index (χ3v) is 12.3. The first-order chi connectivity index (χ1) is 30.7. The van der Waals surface area contributed by atoms with Gasteiger partial charge in [0, 0.05) is 64.0 Å². The number of fused-ring (bicyclic) bond motifs is 4. The molecule has 0 amide bonds. The van der Waals surface area contributed by atoms with Crippen LogP contribution in [0.25, 0.3) is 39.4 Å². The fourth-order valence-electron chi connectivity index (χ4n) is 9.19. The van der Waals surface area contributed by atoms with Crippen molar-refractivity contribution in [1.29, 1.82) is 0 Å². The van der Waals surface area contributed by atoms with Crippen molar-refractivity contribution in [1.82, 2.24) is 4.57 Å². The number of aromatic nitrogens is 1. The Labute approximate surface area is 366 Å². The van der Waals surface area contributed by atoms with Crippen LogP contribution in [-0.4, -0.2) is 38.1 Å². The molecule has 0 saturated heterocycles. The Morgan fingerprint density at radius 3 is 2.24 bits per heavy atom. The van der Waals surface area contributed by atoms with E-state index in [2.05, 4.69) is 137 Å². The molecule has 7 aromatic rings. The van der Waals surface area contributed by atoms with Crippen LogP contribution in [0.4, 0.5) is 22.7 Å². The van der Waals surface area contributed by atoms with E-state index in [1.54, 1.807) is 18.2 Å². The Kier molecular flexibility index (Phi) is 9.96. The molecule has 0 spiro atoms. The normalized spacial score (nSPS) is 17.3. The number of aromatic hydroxyl groups is 4. The summed E-state index contributed by atoms with van der Waals surface area (Å²) in [6, 6.07) is 41.4. The van der Waals surface area contributed by atoms with E-state index in [4.69, 9.17) is 4.74 Å². The highest BCUT2D eigenvalue weighted by molar-refractivity contribution is 5.96. The van der Waals surface area contributed by atoms with E-state index in [1.807, 2.05) is 48.6 Å². The maximum absolute atomic E-state index is 10.7. The third-order valence-electron chi connectivity index (χ3n) is 12.3. The molecule has 1 aromatic heterocycles. The van der Waals surface area contributed by atoms with Crippen molar-refractivity contribution in [3.8, 4) is 45.6 Å². The fraction of sp³-hybridized carbons (Fsp3) is 0.0909. The predicted molar refractivity (Wildman–Crippen MR) is 255 cm³/mol. The Hall–Kier alpha value is -8.10. The van der Waals surface area contributed by atoms with Gasteiger partial charge in [0.15, 0.2) is 11.5 Å². The van der Waals surface area contributed by atoms with Crippen molar-refractivity contribution in [2.45, 2.75) is 24.8 Å². The van der Waals surface area contributed by atoms with Crippen molar-refractivity contribution in [3.63, 3.8) is 0 Å². The molecule has 2 aliphatic carbocycles. The quantitative estimate of drug-likeness (QED) is 0.0894. The van der Waals surface area contributed by atoms with Gasteiger partial charge < -0.3 is 39.5 Å². The SMILES string of the molecule is C=C1/C=C\C=C/Oc2ccc(N(c3ccccc3)c3ccc(-n4c5c(c6cc(-c7ccc(C8C=CC=CC8N(C)c8c(O)cc(O)c(O)c8O)cc7)ccc64)C=CCC5)cc3)cc21. The molecule has 3 aliphatic rings. The summed E-state index contributed by atoms with van der Waals surface area (Å²) < 4.78 is 8.34. The maximum Gasteiger partial charge on any atom is 0.202 e. The number of benzene rings is 6. The van der Waals surface area contributed by atoms with E-state index < -0.39 is 17.2 Å². The van der Waals surface area contributed by atoms with E-state index in [0.29, 0.717) is 0 Å². The number of allylic oxidation sites excluding steroid dienone is 7. The number of anilines is 4. The van der Waals surface area contributed by atoms with Crippen LogP contribution in [0.3, 0.4) is 0 Å². The zero-order chi connectivity index (χ0) is 43.2. The van der Waals surface area contributed by atoms with Crippen LogP contribution in [0.5, 0.6) is 28.7 Å². The minimum absolute atomic E-state index is 0.0364. The summed E-state index contributed by atoms with van der Waals surface area (Å²) in [5.41, 5.74) is 13.0. The van der Waals surface area contributed by atoms with E-state index in [9.17, 15) is 20.4 Å². The summed E-state index contributed by atoms with van der Waals surface area (Å²) in [6.45, 7) is 4.31. The number of phenolic OH excluding ortho intramolecular Hbond substituents is 4. The molecule has 0 radical (unpaired) electrons. The number of hydrogen-bond donors (Lipinski definition) is 4. The highest BCUT2D eigenvalue weighted by Gasteiger charge is 2.30. The number of ether oxygens (including phenoxy) is 1. The second-order valence-electron chi connectivity index (χ2n) is 16.0. The van der Waals surface area contributed by atoms with E-state index in [1.165, 1.54) is 16.6 Å². The van der Waals surface area contributed by atoms with Gasteiger partial charge in [-0.25, -0.2) is 0 Å². The van der Waals surface area contributed by atoms with Gasteiger partial charge in [-0.15, -0.1) is 0 Å². The number of para-hydroxylation sites is 1. The van der Waals surface area contributed by atoms with Crippen LogP contribution in [0.15, 0.2) is 183 Å². The van der Waals surface area contributed by atoms with E-state index in [-0.39, 0.29) is 23.4 Å². The summed E-state index contributed by atoms with van der Waals surface area (Å²) in [5.74, 6) is -1.54. The lowest BCUT2D eigenvalue weighted by Crippen LogP contribution is -2.35. The third kappa shape index (κ3) is 7.01. The first-order valence-corrected chi connectivity index (χ1v) is 21.0. The van der Waals surface area contributed by atoms with Crippen molar-refractivity contribution in [2.24, 2.45) is 0 Å². The van der Waals surface area contributed by atoms with Gasteiger partial charge in [0.25, 0.3) is 0 Å². The van der Waals surface area contributed by atoms with Gasteiger partial charge in [-0.1, -0.05) is 104 Å². The Morgan fingerprint density at radius 2 is 1.43 bits per heavy atom. The molecular formula is C55H45N3O5. The monoisotopic (exact) mass is 827 g/mol. The summed E-state index contributed by atoms with van der Waals surface area (Å²) >= 11 is 0. The van der Waals surface area contributed by atoms with Crippen LogP contribution in [0.2, 0.25) is 0 Å². The highest BCUT2D eigenvalue weighted by Crippen LogP contribution is 2.50. The van der Waals surface area contributed by atoms with E-state index in [0.717, 1.165) is 80.8 Å². The predicted octanol–water partition coefficient (Wildman–Crippen LogP) is 12.7. The Balaban J connectivity index is 0.967. The smallest absolute Gasteiger partial charge is 0.202 e. The second-order valence-corrected chi connectivity index (χ2v) is 16.0. The average Bonchev–Trinajstić information content (AvgIpc) is 3.64. The summed E-state index contributed by atoms with van der Waals surface area (Å²) in [4.78, 5) is 3.97. The molecule has 63 heavy (non-hydrogen) atoms. The van der Waals surface area contributed by atoms with Gasteiger partial charge in [0.1, 0.15) is 17.2 Å². The molecule has 10 rings (SSSR count). The molecule has 0 fully saturated rings. The maximum atomic E-state index is 10.7. The van der Waals surface area contributed by atoms with Gasteiger partial charge in [-0.2, -0.15) is 0 Å². The number of rotatable bonds is 8. The van der Waals surface area contributed by atoms with Crippen LogP contribution in [0, 0.1) is 0 Å². The van der Waals surface area contributed by atoms with Crippen LogP contribution in [0.1, 0.15) is 34.7 Å². The molecule has 8 nitrogen and oxygen atoms in total.